The van der Waals surface area contributed by atoms with Gasteiger partial charge in [0.05, 0.1) is 19.0 Å². The van der Waals surface area contributed by atoms with Crippen molar-refractivity contribution in [2.75, 3.05) is 30.4 Å². The van der Waals surface area contributed by atoms with Crippen LogP contribution in [0.15, 0.2) is 42.9 Å². The third kappa shape index (κ3) is 2.66. The van der Waals surface area contributed by atoms with Crippen LogP contribution in [0, 0.1) is 0 Å². The van der Waals surface area contributed by atoms with Crippen LogP contribution in [0.3, 0.4) is 0 Å². The number of hydrogen-bond acceptors (Lipinski definition) is 5. The monoisotopic (exact) mass is 270 g/mol. The standard InChI is InChI=1S/C15H18N4O/c1-20-14-5-3-2-4-13(14)19-9-6-12(11-19)18-15-10-16-7-8-17-15/h2-5,7-8,10,12H,6,9,11H2,1H3,(H,17,18). The summed E-state index contributed by atoms with van der Waals surface area (Å²) < 4.78 is 5.43. The Morgan fingerprint density at radius 2 is 2.20 bits per heavy atom. The Hall–Kier alpha value is -2.30. The summed E-state index contributed by atoms with van der Waals surface area (Å²) in [6.45, 7) is 1.95. The predicted octanol–water partition coefficient (Wildman–Crippen LogP) is 2.18. The molecule has 0 spiro atoms. The molecule has 20 heavy (non-hydrogen) atoms. The van der Waals surface area contributed by atoms with Crippen LogP contribution in [0.5, 0.6) is 5.75 Å². The Morgan fingerprint density at radius 3 is 3.00 bits per heavy atom. The molecule has 0 saturated carbocycles. The fourth-order valence-corrected chi connectivity index (χ4v) is 2.57. The molecule has 1 aromatic carbocycles. The molecule has 0 amide bonds. The highest BCUT2D eigenvalue weighted by atomic mass is 16.5. The molecule has 0 radical (unpaired) electrons. The summed E-state index contributed by atoms with van der Waals surface area (Å²) >= 11 is 0. The predicted molar refractivity (Wildman–Crippen MR) is 79.3 cm³/mol. The van der Waals surface area contributed by atoms with E-state index in [4.69, 9.17) is 4.74 Å². The van der Waals surface area contributed by atoms with Crippen molar-refractivity contribution < 1.29 is 4.74 Å². The molecule has 1 fully saturated rings. The molecule has 2 heterocycles. The lowest BCUT2D eigenvalue weighted by atomic mass is 10.2. The van der Waals surface area contributed by atoms with Gasteiger partial charge in [-0.15, -0.1) is 0 Å². The molecule has 2 aromatic rings. The van der Waals surface area contributed by atoms with Crippen molar-refractivity contribution >= 4 is 11.5 Å². The number of nitrogens with one attached hydrogen (secondary N) is 1. The summed E-state index contributed by atoms with van der Waals surface area (Å²) in [5.74, 6) is 1.76. The molecule has 1 unspecified atom stereocenters. The van der Waals surface area contributed by atoms with Gasteiger partial charge in [0.1, 0.15) is 11.6 Å². The van der Waals surface area contributed by atoms with Crippen LogP contribution in [-0.4, -0.2) is 36.2 Å². The van der Waals surface area contributed by atoms with E-state index in [1.54, 1.807) is 25.7 Å². The lowest BCUT2D eigenvalue weighted by Gasteiger charge is -2.21. The lowest BCUT2D eigenvalue weighted by molar-refractivity contribution is 0.415. The van der Waals surface area contributed by atoms with E-state index in [1.165, 1.54) is 0 Å². The van der Waals surface area contributed by atoms with Crippen LogP contribution < -0.4 is 15.0 Å². The van der Waals surface area contributed by atoms with Gasteiger partial charge in [0.25, 0.3) is 0 Å². The van der Waals surface area contributed by atoms with Crippen LogP contribution in [0.2, 0.25) is 0 Å². The molecule has 5 heteroatoms. The number of methoxy groups -OCH3 is 1. The molecular weight excluding hydrogens is 252 g/mol. The number of benzene rings is 1. The van der Waals surface area contributed by atoms with E-state index in [1.807, 2.05) is 18.2 Å². The maximum Gasteiger partial charge on any atom is 0.144 e. The largest absolute Gasteiger partial charge is 0.495 e. The van der Waals surface area contributed by atoms with Crippen molar-refractivity contribution in [3.05, 3.63) is 42.9 Å². The third-order valence-electron chi connectivity index (χ3n) is 3.53. The molecule has 1 aromatic heterocycles. The Labute approximate surface area is 118 Å². The zero-order valence-electron chi connectivity index (χ0n) is 11.5. The van der Waals surface area contributed by atoms with E-state index in [9.17, 15) is 0 Å². The zero-order valence-corrected chi connectivity index (χ0v) is 11.5. The van der Waals surface area contributed by atoms with E-state index >= 15 is 0 Å². The summed E-state index contributed by atoms with van der Waals surface area (Å²) in [6.07, 6.45) is 6.22. The topological polar surface area (TPSA) is 50.3 Å². The first-order valence-electron chi connectivity index (χ1n) is 6.77. The van der Waals surface area contributed by atoms with Crippen LogP contribution in [0.1, 0.15) is 6.42 Å². The highest BCUT2D eigenvalue weighted by Gasteiger charge is 2.24. The maximum absolute atomic E-state index is 5.43. The second-order valence-corrected chi connectivity index (χ2v) is 4.84. The normalized spacial score (nSPS) is 18.1. The highest BCUT2D eigenvalue weighted by molar-refractivity contribution is 5.59. The zero-order chi connectivity index (χ0) is 13.8. The molecule has 1 saturated heterocycles. The van der Waals surface area contributed by atoms with Gasteiger partial charge in [0.15, 0.2) is 0 Å². The van der Waals surface area contributed by atoms with Crippen LogP contribution in [-0.2, 0) is 0 Å². The van der Waals surface area contributed by atoms with Crippen LogP contribution in [0.4, 0.5) is 11.5 Å². The molecule has 1 aliphatic rings. The number of para-hydroxylation sites is 2. The van der Waals surface area contributed by atoms with Gasteiger partial charge in [0.2, 0.25) is 0 Å². The lowest BCUT2D eigenvalue weighted by Crippen LogP contribution is -2.26. The van der Waals surface area contributed by atoms with Gasteiger partial charge in [-0.2, -0.15) is 0 Å². The number of nitrogens with zero attached hydrogens (tertiary/aromatic N) is 3. The fourth-order valence-electron chi connectivity index (χ4n) is 2.57. The minimum atomic E-state index is 0.386. The number of hydrogen-bond donors (Lipinski definition) is 1. The molecule has 1 atom stereocenters. The minimum absolute atomic E-state index is 0.386. The Bertz CT molecular complexity index is 561. The molecule has 3 rings (SSSR count). The maximum atomic E-state index is 5.43. The quantitative estimate of drug-likeness (QED) is 0.922. The average molecular weight is 270 g/mol. The van der Waals surface area contributed by atoms with E-state index in [0.29, 0.717) is 6.04 Å². The summed E-state index contributed by atoms with van der Waals surface area (Å²) in [4.78, 5) is 10.7. The fraction of sp³-hybridized carbons (Fsp3) is 0.333. The second-order valence-electron chi connectivity index (χ2n) is 4.84. The Balaban J connectivity index is 1.67. The number of anilines is 2. The first-order valence-corrected chi connectivity index (χ1v) is 6.77. The molecule has 0 bridgehead atoms. The van der Waals surface area contributed by atoms with Crippen molar-refractivity contribution in [2.24, 2.45) is 0 Å². The summed E-state index contributed by atoms with van der Waals surface area (Å²) in [5.41, 5.74) is 1.15. The molecular formula is C15H18N4O. The SMILES string of the molecule is COc1ccccc1N1CCC(Nc2cnccn2)C1. The minimum Gasteiger partial charge on any atom is -0.495 e. The summed E-state index contributed by atoms with van der Waals surface area (Å²) in [7, 11) is 1.71. The summed E-state index contributed by atoms with van der Waals surface area (Å²) in [6, 6.07) is 8.52. The number of ether oxygens (including phenoxy) is 1. The van der Waals surface area contributed by atoms with Crippen molar-refractivity contribution in [2.45, 2.75) is 12.5 Å². The number of rotatable bonds is 4. The first kappa shape index (κ1) is 12.7. The molecule has 5 nitrogen and oxygen atoms in total. The third-order valence-corrected chi connectivity index (χ3v) is 3.53. The molecule has 1 N–H and O–H groups in total. The smallest absolute Gasteiger partial charge is 0.144 e. The molecule has 104 valence electrons. The van der Waals surface area contributed by atoms with Crippen molar-refractivity contribution in [3.63, 3.8) is 0 Å². The number of aromatic nitrogens is 2. The van der Waals surface area contributed by atoms with Crippen LogP contribution in [0.25, 0.3) is 0 Å². The van der Waals surface area contributed by atoms with Gasteiger partial charge in [0, 0.05) is 31.5 Å². The molecule has 0 aliphatic carbocycles. The highest BCUT2D eigenvalue weighted by Crippen LogP contribution is 2.30. The van der Waals surface area contributed by atoms with Gasteiger partial charge >= 0.3 is 0 Å². The Morgan fingerprint density at radius 1 is 1.30 bits per heavy atom. The van der Waals surface area contributed by atoms with Gasteiger partial charge in [-0.05, 0) is 18.6 Å². The van der Waals surface area contributed by atoms with Crippen molar-refractivity contribution in [3.8, 4) is 5.75 Å². The van der Waals surface area contributed by atoms with Crippen molar-refractivity contribution in [1.82, 2.24) is 9.97 Å². The first-order chi connectivity index (χ1) is 9.86. The second kappa shape index (κ2) is 5.77. The molecule has 1 aliphatic heterocycles. The van der Waals surface area contributed by atoms with E-state index in [2.05, 4.69) is 26.3 Å². The average Bonchev–Trinajstić information content (AvgIpc) is 2.96. The summed E-state index contributed by atoms with van der Waals surface area (Å²) in [5, 5.41) is 3.42. The Kier molecular flexibility index (Phi) is 3.67. The van der Waals surface area contributed by atoms with E-state index in [0.717, 1.165) is 36.8 Å². The van der Waals surface area contributed by atoms with Crippen molar-refractivity contribution in [1.29, 1.82) is 0 Å². The van der Waals surface area contributed by atoms with E-state index < -0.39 is 0 Å². The van der Waals surface area contributed by atoms with Gasteiger partial charge < -0.3 is 15.0 Å². The van der Waals surface area contributed by atoms with Gasteiger partial charge in [-0.25, -0.2) is 4.98 Å². The van der Waals surface area contributed by atoms with Gasteiger partial charge in [-0.3, -0.25) is 4.98 Å². The van der Waals surface area contributed by atoms with Crippen LogP contribution >= 0.6 is 0 Å². The van der Waals surface area contributed by atoms with Gasteiger partial charge in [-0.1, -0.05) is 12.1 Å². The van der Waals surface area contributed by atoms with E-state index in [-0.39, 0.29) is 0 Å².